The van der Waals surface area contributed by atoms with Gasteiger partial charge in [-0.15, -0.1) is 0 Å². The topological polar surface area (TPSA) is 66.1 Å². The molecule has 0 saturated heterocycles. The van der Waals surface area contributed by atoms with Crippen molar-refractivity contribution in [2.45, 2.75) is 44.9 Å². The summed E-state index contributed by atoms with van der Waals surface area (Å²) < 4.78 is 42.8. The average molecular weight is 328 g/mol. The van der Waals surface area contributed by atoms with Crippen LogP contribution >= 0.6 is 0 Å². The minimum atomic E-state index is -2.84. The summed E-state index contributed by atoms with van der Waals surface area (Å²) in [7, 11) is 0. The van der Waals surface area contributed by atoms with E-state index in [1.54, 1.807) is 6.07 Å². The van der Waals surface area contributed by atoms with Crippen molar-refractivity contribution in [3.05, 3.63) is 24.2 Å². The molecule has 0 aliphatic heterocycles. The normalized spacial score (nSPS) is 14.9. The number of fused-ring (bicyclic) bond motifs is 1. The lowest BCUT2D eigenvalue weighted by Gasteiger charge is -2.17. The minimum absolute atomic E-state index is 0.446. The Morgan fingerprint density at radius 3 is 2.59 bits per heavy atom. The van der Waals surface area contributed by atoms with E-state index >= 15 is 0 Å². The first-order valence-electron chi connectivity index (χ1n) is 6.72. The molecule has 2 aromatic heterocycles. The van der Waals surface area contributed by atoms with Crippen LogP contribution in [-0.4, -0.2) is 36.2 Å². The third kappa shape index (κ3) is 4.23. The highest BCUT2D eigenvalue weighted by Crippen LogP contribution is 2.20. The zero-order chi connectivity index (χ0) is 16.5. The van der Waals surface area contributed by atoms with Crippen LogP contribution in [0.2, 0.25) is 0 Å². The maximum atomic E-state index is 13.1. The number of halogens is 2. The Hall–Kier alpha value is -1.54. The van der Waals surface area contributed by atoms with Gasteiger partial charge in [0.05, 0.1) is 23.6 Å². The quantitative estimate of drug-likeness (QED) is 0.640. The zero-order valence-corrected chi connectivity index (χ0v) is 13.7. The van der Waals surface area contributed by atoms with Crippen molar-refractivity contribution in [2.75, 3.05) is 0 Å². The fourth-order valence-electron chi connectivity index (χ4n) is 1.71. The van der Waals surface area contributed by atoms with E-state index in [4.69, 9.17) is 0 Å². The summed E-state index contributed by atoms with van der Waals surface area (Å²) in [5, 5.41) is 4.63. The highest BCUT2D eigenvalue weighted by molar-refractivity contribution is 7.91. The maximum Gasteiger partial charge on any atom is 0.264 e. The van der Waals surface area contributed by atoms with Crippen LogP contribution in [0.1, 0.15) is 33.4 Å². The molecule has 5 nitrogen and oxygen atoms in total. The summed E-state index contributed by atoms with van der Waals surface area (Å²) in [5.41, 5.74) is 1.03. The molecule has 0 N–H and O–H groups in total. The molecule has 0 unspecified atom stereocenters. The molecule has 0 saturated carbocycles. The van der Waals surface area contributed by atoms with Crippen molar-refractivity contribution in [2.24, 2.45) is 4.40 Å². The maximum absolute atomic E-state index is 13.1. The van der Waals surface area contributed by atoms with Crippen molar-refractivity contribution in [3.63, 3.8) is 0 Å². The zero-order valence-electron chi connectivity index (χ0n) is 12.9. The van der Waals surface area contributed by atoms with E-state index in [-0.39, 0.29) is 0 Å². The molecule has 0 spiro atoms. The first kappa shape index (κ1) is 16.8. The highest BCUT2D eigenvalue weighted by atomic mass is 32.2. The molecule has 0 aliphatic rings. The fraction of sp³-hybridized carbons (Fsp3) is 0.500. The van der Waals surface area contributed by atoms with Crippen molar-refractivity contribution < 1.29 is 13.3 Å². The SMILES string of the molecule is CC(F)(F)Cn1ncc2cc(/C=N/[S@+]([O-])C(C)(C)C)ncc21. The van der Waals surface area contributed by atoms with Crippen LogP contribution in [-0.2, 0) is 17.9 Å². The Kier molecular flexibility index (Phi) is 4.53. The van der Waals surface area contributed by atoms with Crippen molar-refractivity contribution in [1.82, 2.24) is 14.8 Å². The van der Waals surface area contributed by atoms with Crippen LogP contribution < -0.4 is 0 Å². The Morgan fingerprint density at radius 2 is 2.00 bits per heavy atom. The van der Waals surface area contributed by atoms with Gasteiger partial charge in [0.15, 0.2) is 0 Å². The Bertz CT molecular complexity index is 688. The Labute approximate surface area is 130 Å². The van der Waals surface area contributed by atoms with Crippen LogP contribution in [0.3, 0.4) is 0 Å². The van der Waals surface area contributed by atoms with Crippen LogP contribution in [0.4, 0.5) is 8.78 Å². The van der Waals surface area contributed by atoms with Gasteiger partial charge in [-0.3, -0.25) is 9.67 Å². The second-order valence-corrected chi connectivity index (χ2v) is 8.07. The lowest BCUT2D eigenvalue weighted by molar-refractivity contribution is 0.00181. The Morgan fingerprint density at radius 1 is 1.32 bits per heavy atom. The number of nitrogens with zero attached hydrogens (tertiary/aromatic N) is 4. The summed E-state index contributed by atoms with van der Waals surface area (Å²) in [6, 6.07) is 1.68. The molecule has 0 aromatic carbocycles. The van der Waals surface area contributed by atoms with Crippen LogP contribution in [0, 0.1) is 0 Å². The predicted octanol–water partition coefficient (Wildman–Crippen LogP) is 2.97. The lowest BCUT2D eigenvalue weighted by Crippen LogP contribution is -2.25. The van der Waals surface area contributed by atoms with Crippen LogP contribution in [0.5, 0.6) is 0 Å². The standard InChI is InChI=1S/C14H18F2N4OS/c1-13(2,3)22(21)19-7-11-5-10-6-18-20(9-14(4,15)16)12(10)8-17-11/h5-8H,9H2,1-4H3/b19-7+/t22-/m1/s1. The summed E-state index contributed by atoms with van der Waals surface area (Å²) in [6.45, 7) is 5.82. The largest absolute Gasteiger partial charge is 0.591 e. The van der Waals surface area contributed by atoms with Gasteiger partial charge in [-0.1, -0.05) is 4.40 Å². The number of aromatic nitrogens is 3. The number of hydrogen-bond donors (Lipinski definition) is 0. The van der Waals surface area contributed by atoms with E-state index in [0.29, 0.717) is 16.6 Å². The molecule has 0 fully saturated rings. The Balaban J connectivity index is 2.24. The van der Waals surface area contributed by atoms with Crippen molar-refractivity contribution in [3.8, 4) is 0 Å². The second kappa shape index (κ2) is 5.92. The molecule has 0 radical (unpaired) electrons. The number of hydrogen-bond acceptors (Lipinski definition) is 4. The molecule has 0 bridgehead atoms. The van der Waals surface area contributed by atoms with E-state index in [1.165, 1.54) is 23.3 Å². The van der Waals surface area contributed by atoms with Crippen molar-refractivity contribution >= 4 is 28.5 Å². The third-order valence-corrected chi connectivity index (χ3v) is 4.13. The van der Waals surface area contributed by atoms with Gasteiger partial charge in [-0.2, -0.15) is 5.10 Å². The van der Waals surface area contributed by atoms with Crippen LogP contribution in [0.25, 0.3) is 10.9 Å². The van der Waals surface area contributed by atoms with Gasteiger partial charge in [-0.25, -0.2) is 8.78 Å². The molecule has 0 amide bonds. The highest BCUT2D eigenvalue weighted by Gasteiger charge is 2.26. The van der Waals surface area contributed by atoms with E-state index in [9.17, 15) is 13.3 Å². The van der Waals surface area contributed by atoms with Gasteiger partial charge in [0.25, 0.3) is 5.92 Å². The lowest BCUT2D eigenvalue weighted by atomic mass is 10.3. The first-order chi connectivity index (χ1) is 10.1. The number of alkyl halides is 2. The van der Waals surface area contributed by atoms with Gasteiger partial charge in [0.1, 0.15) is 28.9 Å². The minimum Gasteiger partial charge on any atom is -0.591 e. The summed E-state index contributed by atoms with van der Waals surface area (Å²) >= 11 is -1.37. The molecular formula is C14H18F2N4OS. The molecule has 22 heavy (non-hydrogen) atoms. The van der Waals surface area contributed by atoms with Gasteiger partial charge in [0.2, 0.25) is 0 Å². The van der Waals surface area contributed by atoms with Crippen LogP contribution in [0.15, 0.2) is 22.9 Å². The van der Waals surface area contributed by atoms with E-state index < -0.39 is 28.6 Å². The average Bonchev–Trinajstić information content (AvgIpc) is 2.75. The van der Waals surface area contributed by atoms with E-state index in [1.807, 2.05) is 20.8 Å². The predicted molar refractivity (Wildman–Crippen MR) is 83.6 cm³/mol. The summed E-state index contributed by atoms with van der Waals surface area (Å²) in [4.78, 5) is 4.13. The molecule has 2 rings (SSSR count). The second-order valence-electron chi connectivity index (χ2n) is 6.14. The smallest absolute Gasteiger partial charge is 0.264 e. The molecule has 2 aromatic rings. The molecule has 120 valence electrons. The molecular weight excluding hydrogens is 310 g/mol. The van der Waals surface area contributed by atoms with E-state index in [2.05, 4.69) is 14.5 Å². The molecule has 0 aliphatic carbocycles. The van der Waals surface area contributed by atoms with Gasteiger partial charge in [0, 0.05) is 12.3 Å². The van der Waals surface area contributed by atoms with Crippen molar-refractivity contribution in [1.29, 1.82) is 0 Å². The molecule has 1 atom stereocenters. The van der Waals surface area contributed by atoms with Gasteiger partial charge in [-0.05, 0) is 26.8 Å². The van der Waals surface area contributed by atoms with Gasteiger partial charge >= 0.3 is 0 Å². The van der Waals surface area contributed by atoms with E-state index in [0.717, 1.165) is 6.92 Å². The number of pyridine rings is 1. The molecule has 2 heterocycles. The van der Waals surface area contributed by atoms with Gasteiger partial charge < -0.3 is 4.55 Å². The fourth-order valence-corrected chi connectivity index (χ4v) is 2.23. The summed E-state index contributed by atoms with van der Waals surface area (Å²) in [5.74, 6) is -2.84. The third-order valence-electron chi connectivity index (χ3n) is 2.78. The first-order valence-corrected chi connectivity index (χ1v) is 7.82. The monoisotopic (exact) mass is 328 g/mol. The molecule has 8 heteroatoms. The number of rotatable bonds is 4. The summed E-state index contributed by atoms with van der Waals surface area (Å²) in [6.07, 6.45) is 4.39.